The van der Waals surface area contributed by atoms with E-state index in [4.69, 9.17) is 14.2 Å². The molecular weight excluding hydrogens is 284 g/mol. The number of hydrogen-bond donors (Lipinski definition) is 0. The van der Waals surface area contributed by atoms with Crippen LogP contribution in [0.2, 0.25) is 0 Å². The molecule has 0 aromatic carbocycles. The highest BCUT2D eigenvalue weighted by Crippen LogP contribution is 2.55. The molecule has 0 saturated heterocycles. The minimum absolute atomic E-state index is 0.138. The molecule has 1 heterocycles. The predicted molar refractivity (Wildman–Crippen MR) is 80.8 cm³/mol. The molecular formula is C17H24O5. The van der Waals surface area contributed by atoms with E-state index in [1.54, 1.807) is 6.92 Å². The van der Waals surface area contributed by atoms with Crippen LogP contribution in [-0.4, -0.2) is 31.3 Å². The van der Waals surface area contributed by atoms with Gasteiger partial charge in [-0.3, -0.25) is 4.79 Å². The molecule has 0 bridgehead atoms. The maximum atomic E-state index is 12.1. The van der Waals surface area contributed by atoms with Crippen molar-refractivity contribution in [3.8, 4) is 0 Å². The molecule has 0 fully saturated rings. The van der Waals surface area contributed by atoms with Crippen molar-refractivity contribution in [1.29, 1.82) is 0 Å². The fraction of sp³-hybridized carbons (Fsp3) is 0.647. The molecule has 2 rings (SSSR count). The first-order valence-corrected chi connectivity index (χ1v) is 7.62. The highest BCUT2D eigenvalue weighted by Gasteiger charge is 2.60. The lowest BCUT2D eigenvalue weighted by Gasteiger charge is -2.48. The zero-order valence-electron chi connectivity index (χ0n) is 13.9. The van der Waals surface area contributed by atoms with E-state index in [0.717, 1.165) is 0 Å². The number of esters is 2. The molecule has 0 aromatic heterocycles. The van der Waals surface area contributed by atoms with Gasteiger partial charge in [-0.2, -0.15) is 0 Å². The first kappa shape index (κ1) is 16.6. The smallest absolute Gasteiger partial charge is 0.335 e. The predicted octanol–water partition coefficient (Wildman–Crippen LogP) is 2.76. The second-order valence-electron chi connectivity index (χ2n) is 6.35. The minimum atomic E-state index is -0.940. The average molecular weight is 308 g/mol. The summed E-state index contributed by atoms with van der Waals surface area (Å²) in [6.45, 7) is 8.14. The number of carbonyl (C=O) groups excluding carboxylic acids is 2. The van der Waals surface area contributed by atoms with Crippen LogP contribution in [0.4, 0.5) is 0 Å². The maximum Gasteiger partial charge on any atom is 0.335 e. The summed E-state index contributed by atoms with van der Waals surface area (Å²) >= 11 is 0. The molecule has 1 aliphatic carbocycles. The third kappa shape index (κ3) is 2.53. The van der Waals surface area contributed by atoms with Crippen molar-refractivity contribution < 1.29 is 23.8 Å². The monoisotopic (exact) mass is 308 g/mol. The third-order valence-corrected chi connectivity index (χ3v) is 4.80. The zero-order chi connectivity index (χ0) is 16.5. The van der Waals surface area contributed by atoms with Crippen molar-refractivity contribution in [3.63, 3.8) is 0 Å². The van der Waals surface area contributed by atoms with Crippen LogP contribution in [0.5, 0.6) is 0 Å². The fourth-order valence-corrected chi connectivity index (χ4v) is 3.53. The molecule has 1 spiro atoms. The summed E-state index contributed by atoms with van der Waals surface area (Å²) in [4.78, 5) is 23.9. The SMILES string of the molecule is CCOC(=O)C[C@@]1(C)C=C(C)[C@@H](C)C[C@@]12OC(=O)C=C2OC. The highest BCUT2D eigenvalue weighted by atomic mass is 16.6. The van der Waals surface area contributed by atoms with Crippen molar-refractivity contribution in [2.45, 2.75) is 46.1 Å². The van der Waals surface area contributed by atoms with E-state index in [2.05, 4.69) is 6.92 Å². The number of carbonyl (C=O) groups is 2. The number of ether oxygens (including phenoxy) is 3. The summed E-state index contributed by atoms with van der Waals surface area (Å²) < 4.78 is 16.2. The molecule has 3 atom stereocenters. The van der Waals surface area contributed by atoms with Crippen molar-refractivity contribution >= 4 is 11.9 Å². The van der Waals surface area contributed by atoms with Crippen LogP contribution in [-0.2, 0) is 23.8 Å². The Morgan fingerprint density at radius 3 is 2.77 bits per heavy atom. The van der Waals surface area contributed by atoms with E-state index in [-0.39, 0.29) is 18.3 Å². The molecule has 1 aliphatic heterocycles. The largest absolute Gasteiger partial charge is 0.497 e. The van der Waals surface area contributed by atoms with Gasteiger partial charge in [0.2, 0.25) is 0 Å². The van der Waals surface area contributed by atoms with E-state index in [0.29, 0.717) is 18.8 Å². The lowest BCUT2D eigenvalue weighted by Crippen LogP contribution is -2.52. The first-order chi connectivity index (χ1) is 10.3. The molecule has 5 heteroatoms. The maximum absolute atomic E-state index is 12.1. The average Bonchev–Trinajstić information content (AvgIpc) is 2.74. The van der Waals surface area contributed by atoms with Crippen molar-refractivity contribution in [1.82, 2.24) is 0 Å². The molecule has 22 heavy (non-hydrogen) atoms. The van der Waals surface area contributed by atoms with Crippen LogP contribution in [0, 0.1) is 11.3 Å². The van der Waals surface area contributed by atoms with Gasteiger partial charge in [0.05, 0.1) is 26.2 Å². The first-order valence-electron chi connectivity index (χ1n) is 7.62. The molecule has 0 amide bonds. The van der Waals surface area contributed by atoms with Gasteiger partial charge in [-0.15, -0.1) is 0 Å². The van der Waals surface area contributed by atoms with Crippen LogP contribution in [0.25, 0.3) is 0 Å². The third-order valence-electron chi connectivity index (χ3n) is 4.80. The summed E-state index contributed by atoms with van der Waals surface area (Å²) in [5.41, 5.74) is -0.454. The Labute approximate surface area is 131 Å². The van der Waals surface area contributed by atoms with E-state index in [1.807, 2.05) is 19.9 Å². The summed E-state index contributed by atoms with van der Waals surface area (Å²) in [5, 5.41) is 0. The van der Waals surface area contributed by atoms with Crippen molar-refractivity contribution in [3.05, 3.63) is 23.5 Å². The number of rotatable bonds is 4. The topological polar surface area (TPSA) is 61.8 Å². The molecule has 2 aliphatic rings. The fourth-order valence-electron chi connectivity index (χ4n) is 3.53. The normalized spacial score (nSPS) is 34.0. The van der Waals surface area contributed by atoms with Gasteiger partial charge in [-0.25, -0.2) is 4.79 Å². The Morgan fingerprint density at radius 2 is 2.18 bits per heavy atom. The Balaban J connectivity index is 2.48. The molecule has 122 valence electrons. The summed E-state index contributed by atoms with van der Waals surface area (Å²) in [6.07, 6.45) is 4.14. The second kappa shape index (κ2) is 5.78. The summed E-state index contributed by atoms with van der Waals surface area (Å²) in [5.74, 6) is -0.00640. The van der Waals surface area contributed by atoms with Gasteiger partial charge in [-0.1, -0.05) is 25.5 Å². The quantitative estimate of drug-likeness (QED) is 0.590. The standard InChI is InChI=1S/C17H24O5/c1-6-21-15(19)10-16(4)8-11(2)12(3)9-17(16)13(20-5)7-14(18)22-17/h7-8,12H,6,9-10H2,1-5H3/t12-,16+,17-/m0/s1. The van der Waals surface area contributed by atoms with E-state index < -0.39 is 17.0 Å². The molecule has 0 N–H and O–H groups in total. The zero-order valence-corrected chi connectivity index (χ0v) is 13.9. The Kier molecular flexibility index (Phi) is 4.36. The number of hydrogen-bond acceptors (Lipinski definition) is 5. The molecule has 0 saturated carbocycles. The van der Waals surface area contributed by atoms with E-state index >= 15 is 0 Å². The Morgan fingerprint density at radius 1 is 1.50 bits per heavy atom. The number of methoxy groups -OCH3 is 1. The van der Waals surface area contributed by atoms with Gasteiger partial charge in [0.1, 0.15) is 5.76 Å². The lowest BCUT2D eigenvalue weighted by molar-refractivity contribution is -0.168. The van der Waals surface area contributed by atoms with Crippen molar-refractivity contribution in [2.75, 3.05) is 13.7 Å². The summed E-state index contributed by atoms with van der Waals surface area (Å²) in [7, 11) is 1.52. The molecule has 0 unspecified atom stereocenters. The van der Waals surface area contributed by atoms with Crippen LogP contribution >= 0.6 is 0 Å². The van der Waals surface area contributed by atoms with E-state index in [9.17, 15) is 9.59 Å². The van der Waals surface area contributed by atoms with Gasteiger partial charge >= 0.3 is 11.9 Å². The summed E-state index contributed by atoms with van der Waals surface area (Å²) in [6, 6.07) is 0. The van der Waals surface area contributed by atoms with Crippen molar-refractivity contribution in [2.24, 2.45) is 11.3 Å². The van der Waals surface area contributed by atoms with Gasteiger partial charge in [-0.05, 0) is 19.8 Å². The van der Waals surface area contributed by atoms with Gasteiger partial charge in [0.15, 0.2) is 5.60 Å². The molecule has 0 radical (unpaired) electrons. The van der Waals surface area contributed by atoms with Gasteiger partial charge < -0.3 is 14.2 Å². The Hall–Kier alpha value is -1.78. The van der Waals surface area contributed by atoms with Gasteiger partial charge in [0.25, 0.3) is 0 Å². The van der Waals surface area contributed by atoms with Crippen LogP contribution in [0.15, 0.2) is 23.5 Å². The minimum Gasteiger partial charge on any atom is -0.497 e. The van der Waals surface area contributed by atoms with Gasteiger partial charge in [0, 0.05) is 11.8 Å². The molecule has 0 aromatic rings. The highest BCUT2D eigenvalue weighted by molar-refractivity contribution is 5.87. The number of allylic oxidation sites excluding steroid dienone is 1. The lowest BCUT2D eigenvalue weighted by atomic mass is 9.61. The Bertz CT molecular complexity index is 547. The van der Waals surface area contributed by atoms with Crippen LogP contribution in [0.1, 0.15) is 40.5 Å². The van der Waals surface area contributed by atoms with Crippen LogP contribution in [0.3, 0.4) is 0 Å². The molecule has 5 nitrogen and oxygen atoms in total. The van der Waals surface area contributed by atoms with Crippen LogP contribution < -0.4 is 0 Å². The van der Waals surface area contributed by atoms with E-state index in [1.165, 1.54) is 18.8 Å². The second-order valence-corrected chi connectivity index (χ2v) is 6.35.